The highest BCUT2D eigenvalue weighted by Crippen LogP contribution is 2.46. The van der Waals surface area contributed by atoms with Crippen LogP contribution in [-0.4, -0.2) is 9.13 Å². The van der Waals surface area contributed by atoms with Gasteiger partial charge in [-0.15, -0.1) is 11.3 Å². The van der Waals surface area contributed by atoms with Crippen molar-refractivity contribution in [3.05, 3.63) is 200 Å². The third-order valence-electron chi connectivity index (χ3n) is 11.5. The minimum atomic E-state index is 1.11. The molecule has 0 aliphatic carbocycles. The summed E-state index contributed by atoms with van der Waals surface area (Å²) in [4.78, 5) is 2.46. The molecule has 0 spiro atoms. The fraction of sp³-hybridized carbons (Fsp3) is 0. The average Bonchev–Trinajstić information content (AvgIpc) is 3.91. The summed E-state index contributed by atoms with van der Waals surface area (Å²) in [6, 6.07) is 73.3. The van der Waals surface area contributed by atoms with E-state index in [0.717, 1.165) is 22.7 Å². The van der Waals surface area contributed by atoms with Gasteiger partial charge in [0.25, 0.3) is 0 Å². The number of rotatable bonds is 5. The van der Waals surface area contributed by atoms with E-state index in [0.29, 0.717) is 0 Å². The summed E-state index contributed by atoms with van der Waals surface area (Å²) in [5.41, 5.74) is 10.5. The van der Waals surface area contributed by atoms with Crippen molar-refractivity contribution in [1.29, 1.82) is 0 Å². The quantitative estimate of drug-likeness (QED) is 0.172. The van der Waals surface area contributed by atoms with Gasteiger partial charge in [-0.05, 0) is 108 Å². The molecule has 12 rings (SSSR count). The van der Waals surface area contributed by atoms with Gasteiger partial charge in [0.2, 0.25) is 0 Å². The van der Waals surface area contributed by atoms with E-state index in [9.17, 15) is 0 Å². The summed E-state index contributed by atoms with van der Waals surface area (Å²) in [5.74, 6) is 0. The molecule has 3 nitrogen and oxygen atoms in total. The molecule has 0 N–H and O–H groups in total. The molecule has 0 atom stereocenters. The number of hydrogen-bond donors (Lipinski definition) is 0. The zero-order chi connectivity index (χ0) is 36.7. The van der Waals surface area contributed by atoms with Gasteiger partial charge in [-0.1, -0.05) is 103 Å². The average molecular weight is 732 g/mol. The molecule has 0 aliphatic rings. The van der Waals surface area contributed by atoms with E-state index in [1.807, 2.05) is 11.3 Å². The molecular formula is C52H33N3S. The molecule has 3 aromatic heterocycles. The maximum atomic E-state index is 2.46. The Morgan fingerprint density at radius 3 is 1.66 bits per heavy atom. The number of anilines is 3. The first kappa shape index (κ1) is 31.2. The zero-order valence-electron chi connectivity index (χ0n) is 30.3. The molecule has 0 aliphatic heterocycles. The second kappa shape index (κ2) is 12.2. The van der Waals surface area contributed by atoms with Crippen LogP contribution in [0.3, 0.4) is 0 Å². The largest absolute Gasteiger partial charge is 0.310 e. The number of aromatic nitrogens is 2. The highest BCUT2D eigenvalue weighted by Gasteiger charge is 2.21. The molecule has 12 aromatic rings. The van der Waals surface area contributed by atoms with E-state index in [-0.39, 0.29) is 0 Å². The Kier molecular flexibility index (Phi) is 6.80. The Morgan fingerprint density at radius 1 is 0.339 bits per heavy atom. The van der Waals surface area contributed by atoms with Crippen molar-refractivity contribution in [1.82, 2.24) is 9.13 Å². The van der Waals surface area contributed by atoms with Crippen molar-refractivity contribution in [2.24, 2.45) is 0 Å². The lowest BCUT2D eigenvalue weighted by atomic mass is 10.1. The van der Waals surface area contributed by atoms with Crippen molar-refractivity contribution in [2.45, 2.75) is 0 Å². The molecule has 0 fully saturated rings. The van der Waals surface area contributed by atoms with Crippen LogP contribution in [-0.2, 0) is 0 Å². The number of thiophene rings is 1. The maximum Gasteiger partial charge on any atom is 0.0554 e. The first-order valence-electron chi connectivity index (χ1n) is 19.1. The molecule has 0 saturated carbocycles. The SMILES string of the molecule is c1ccc(-n2c3ccccc3c3cc(N(c4ccc(-n5c6ccccc6c6cc7ccccc7cc65)cc4)c4cccc5sc6ccccc6c45)ccc32)cc1. The summed E-state index contributed by atoms with van der Waals surface area (Å²) in [7, 11) is 0. The van der Waals surface area contributed by atoms with Crippen LogP contribution in [0, 0.1) is 0 Å². The minimum Gasteiger partial charge on any atom is -0.310 e. The summed E-state index contributed by atoms with van der Waals surface area (Å²) in [6.45, 7) is 0. The highest BCUT2D eigenvalue weighted by atomic mass is 32.1. The molecule has 9 aromatic carbocycles. The molecule has 56 heavy (non-hydrogen) atoms. The van der Waals surface area contributed by atoms with Crippen LogP contribution in [0.4, 0.5) is 17.1 Å². The zero-order valence-corrected chi connectivity index (χ0v) is 31.1. The highest BCUT2D eigenvalue weighted by molar-refractivity contribution is 7.26. The van der Waals surface area contributed by atoms with Crippen molar-refractivity contribution in [3.63, 3.8) is 0 Å². The van der Waals surface area contributed by atoms with Crippen molar-refractivity contribution in [2.75, 3.05) is 4.90 Å². The Balaban J connectivity index is 1.09. The summed E-state index contributed by atoms with van der Waals surface area (Å²) >= 11 is 1.86. The van der Waals surface area contributed by atoms with Crippen LogP contribution < -0.4 is 4.90 Å². The Labute approximate surface area is 327 Å². The number of nitrogens with zero attached hydrogens (tertiary/aromatic N) is 3. The van der Waals surface area contributed by atoms with Crippen molar-refractivity contribution in [3.8, 4) is 11.4 Å². The molecule has 0 unspecified atom stereocenters. The van der Waals surface area contributed by atoms with Gasteiger partial charge in [0.15, 0.2) is 0 Å². The van der Waals surface area contributed by atoms with Gasteiger partial charge in [0.1, 0.15) is 0 Å². The number of fused-ring (bicyclic) bond motifs is 10. The first-order valence-corrected chi connectivity index (χ1v) is 19.9. The molecule has 3 heterocycles. The van der Waals surface area contributed by atoms with Crippen LogP contribution in [0.1, 0.15) is 0 Å². The molecule has 0 bridgehead atoms. The monoisotopic (exact) mass is 731 g/mol. The topological polar surface area (TPSA) is 13.1 Å². The number of hydrogen-bond acceptors (Lipinski definition) is 2. The van der Waals surface area contributed by atoms with Gasteiger partial charge in [-0.3, -0.25) is 0 Å². The molecule has 0 radical (unpaired) electrons. The number of para-hydroxylation sites is 3. The van der Waals surface area contributed by atoms with Gasteiger partial charge >= 0.3 is 0 Å². The first-order chi connectivity index (χ1) is 27.8. The Hall–Kier alpha value is -7.14. The van der Waals surface area contributed by atoms with E-state index in [4.69, 9.17) is 0 Å². The van der Waals surface area contributed by atoms with E-state index < -0.39 is 0 Å². The standard InChI is InChI=1S/C52H33N3S/c1-2-15-36(16-3-1)54-45-20-9-7-18-41(45)44-33-39(29-30-47(44)54)53(48-22-12-24-51-52(48)42-19-8-11-23-50(42)56-51)37-25-27-38(28-26-37)55-46-21-10-6-17-40(46)43-31-34-13-4-5-14-35(34)32-49(43)55/h1-33H. The van der Waals surface area contributed by atoms with Crippen molar-refractivity contribution < 1.29 is 0 Å². The Morgan fingerprint density at radius 2 is 0.893 bits per heavy atom. The normalized spacial score (nSPS) is 11.9. The molecular weight excluding hydrogens is 699 g/mol. The third-order valence-corrected chi connectivity index (χ3v) is 12.6. The van der Waals surface area contributed by atoms with E-state index in [1.54, 1.807) is 0 Å². The van der Waals surface area contributed by atoms with Crippen LogP contribution in [0.15, 0.2) is 200 Å². The molecule has 262 valence electrons. The van der Waals surface area contributed by atoms with Gasteiger partial charge < -0.3 is 14.0 Å². The third kappa shape index (κ3) is 4.63. The summed E-state index contributed by atoms with van der Waals surface area (Å²) < 4.78 is 7.38. The summed E-state index contributed by atoms with van der Waals surface area (Å²) in [5, 5.41) is 10.1. The lowest BCUT2D eigenvalue weighted by molar-refractivity contribution is 1.17. The van der Waals surface area contributed by atoms with Gasteiger partial charge in [0.05, 0.1) is 27.8 Å². The van der Waals surface area contributed by atoms with Gasteiger partial charge in [-0.25, -0.2) is 0 Å². The van der Waals surface area contributed by atoms with E-state index in [2.05, 4.69) is 214 Å². The number of benzene rings is 9. The smallest absolute Gasteiger partial charge is 0.0554 e. The van der Waals surface area contributed by atoms with Gasteiger partial charge in [-0.2, -0.15) is 0 Å². The van der Waals surface area contributed by atoms with Crippen LogP contribution in [0.2, 0.25) is 0 Å². The minimum absolute atomic E-state index is 1.11. The Bertz CT molecular complexity index is 3480. The van der Waals surface area contributed by atoms with Crippen LogP contribution in [0.5, 0.6) is 0 Å². The summed E-state index contributed by atoms with van der Waals surface area (Å²) in [6.07, 6.45) is 0. The fourth-order valence-electron chi connectivity index (χ4n) is 9.01. The van der Waals surface area contributed by atoms with Crippen molar-refractivity contribution >= 4 is 103 Å². The second-order valence-corrected chi connectivity index (χ2v) is 15.6. The fourth-order valence-corrected chi connectivity index (χ4v) is 10.1. The van der Waals surface area contributed by atoms with Crippen LogP contribution >= 0.6 is 11.3 Å². The second-order valence-electron chi connectivity index (χ2n) is 14.6. The predicted octanol–water partition coefficient (Wildman–Crippen LogP) is 14.9. The lowest BCUT2D eigenvalue weighted by Crippen LogP contribution is -2.10. The predicted molar refractivity (Wildman–Crippen MR) is 240 cm³/mol. The van der Waals surface area contributed by atoms with E-state index >= 15 is 0 Å². The lowest BCUT2D eigenvalue weighted by Gasteiger charge is -2.27. The molecule has 4 heteroatoms. The molecule has 0 saturated heterocycles. The van der Waals surface area contributed by atoms with Gasteiger partial charge in [0, 0.05) is 64.5 Å². The maximum absolute atomic E-state index is 2.46. The molecule has 0 amide bonds. The van der Waals surface area contributed by atoms with E-state index in [1.165, 1.54) is 80.2 Å². The van der Waals surface area contributed by atoms with Crippen LogP contribution in [0.25, 0.3) is 85.9 Å².